The molecular formula is C20H16FNO5. The fourth-order valence-corrected chi connectivity index (χ4v) is 2.22. The molecule has 0 radical (unpaired) electrons. The van der Waals surface area contributed by atoms with E-state index in [0.717, 1.165) is 0 Å². The largest absolute Gasteiger partial charge is 0.486 e. The molecule has 6 nitrogen and oxygen atoms in total. The van der Waals surface area contributed by atoms with Crippen LogP contribution in [0.1, 0.15) is 23.2 Å². The highest BCUT2D eigenvalue weighted by Gasteiger charge is 2.14. The van der Waals surface area contributed by atoms with Gasteiger partial charge in [-0.15, -0.1) is 0 Å². The molecule has 0 spiro atoms. The summed E-state index contributed by atoms with van der Waals surface area (Å²) in [6, 6.07) is 15.0. The first kappa shape index (κ1) is 18.2. The Balaban J connectivity index is 1.56. The van der Waals surface area contributed by atoms with Crippen LogP contribution in [0.3, 0.4) is 0 Å². The summed E-state index contributed by atoms with van der Waals surface area (Å²) >= 11 is 0. The van der Waals surface area contributed by atoms with Gasteiger partial charge in [0.05, 0.1) is 0 Å². The molecule has 0 aliphatic heterocycles. The summed E-state index contributed by atoms with van der Waals surface area (Å²) in [4.78, 5) is 23.1. The van der Waals surface area contributed by atoms with Gasteiger partial charge in [0.15, 0.2) is 0 Å². The van der Waals surface area contributed by atoms with Gasteiger partial charge in [-0.3, -0.25) is 4.79 Å². The molecule has 0 atom stereocenters. The van der Waals surface area contributed by atoms with Gasteiger partial charge in [-0.25, -0.2) is 9.18 Å². The Morgan fingerprint density at radius 1 is 0.963 bits per heavy atom. The van der Waals surface area contributed by atoms with E-state index < -0.39 is 5.97 Å². The first-order valence-electron chi connectivity index (χ1n) is 8.06. The molecule has 1 aromatic heterocycles. The zero-order valence-corrected chi connectivity index (χ0v) is 14.4. The van der Waals surface area contributed by atoms with Crippen LogP contribution in [0.15, 0.2) is 65.1 Å². The van der Waals surface area contributed by atoms with Gasteiger partial charge in [-0.05, 0) is 60.7 Å². The van der Waals surface area contributed by atoms with Crippen LogP contribution >= 0.6 is 0 Å². The number of furan rings is 1. The number of halogens is 1. The molecule has 1 N–H and O–H groups in total. The van der Waals surface area contributed by atoms with Crippen molar-refractivity contribution in [2.24, 2.45) is 0 Å². The highest BCUT2D eigenvalue weighted by molar-refractivity contribution is 5.89. The molecule has 1 heterocycles. The van der Waals surface area contributed by atoms with Gasteiger partial charge in [0.2, 0.25) is 11.7 Å². The Kier molecular flexibility index (Phi) is 5.51. The smallest absolute Gasteiger partial charge is 0.379 e. The minimum absolute atomic E-state index is 0.0265. The fraction of sp³-hybridized carbons (Fsp3) is 0.100. The monoisotopic (exact) mass is 369 g/mol. The quantitative estimate of drug-likeness (QED) is 0.521. The Morgan fingerprint density at radius 3 is 2.30 bits per heavy atom. The van der Waals surface area contributed by atoms with E-state index >= 15 is 0 Å². The van der Waals surface area contributed by atoms with E-state index in [1.165, 1.54) is 37.3 Å². The summed E-state index contributed by atoms with van der Waals surface area (Å²) in [5.74, 6) is 0.0493. The van der Waals surface area contributed by atoms with Gasteiger partial charge in [0.1, 0.15) is 29.7 Å². The van der Waals surface area contributed by atoms with Crippen molar-refractivity contribution >= 4 is 17.6 Å². The lowest BCUT2D eigenvalue weighted by Gasteiger charge is -2.05. The van der Waals surface area contributed by atoms with Crippen molar-refractivity contribution in [2.45, 2.75) is 13.5 Å². The predicted molar refractivity (Wildman–Crippen MR) is 95.1 cm³/mol. The van der Waals surface area contributed by atoms with E-state index in [-0.39, 0.29) is 24.1 Å². The third kappa shape index (κ3) is 5.18. The molecule has 2 aromatic carbocycles. The van der Waals surface area contributed by atoms with Crippen LogP contribution in [-0.4, -0.2) is 11.9 Å². The Hall–Kier alpha value is -3.61. The van der Waals surface area contributed by atoms with Crippen LogP contribution in [-0.2, 0) is 11.4 Å². The molecule has 0 saturated carbocycles. The SMILES string of the molecule is CC(=O)Nc1ccc(OC(=O)c2ccc(COc3ccc(F)cc3)o2)cc1. The van der Waals surface area contributed by atoms with Crippen molar-refractivity contribution in [2.75, 3.05) is 5.32 Å². The summed E-state index contributed by atoms with van der Waals surface area (Å²) in [6.45, 7) is 1.49. The topological polar surface area (TPSA) is 77.8 Å². The number of ether oxygens (including phenoxy) is 2. The van der Waals surface area contributed by atoms with E-state index in [2.05, 4.69) is 5.32 Å². The third-order valence-corrected chi connectivity index (χ3v) is 3.44. The zero-order valence-electron chi connectivity index (χ0n) is 14.4. The first-order valence-corrected chi connectivity index (χ1v) is 8.06. The van der Waals surface area contributed by atoms with Crippen LogP contribution < -0.4 is 14.8 Å². The van der Waals surface area contributed by atoms with Crippen LogP contribution in [0.4, 0.5) is 10.1 Å². The van der Waals surface area contributed by atoms with E-state index in [9.17, 15) is 14.0 Å². The van der Waals surface area contributed by atoms with Crippen molar-refractivity contribution in [1.82, 2.24) is 0 Å². The Bertz CT molecular complexity index is 932. The van der Waals surface area contributed by atoms with Gasteiger partial charge >= 0.3 is 5.97 Å². The Morgan fingerprint density at radius 2 is 1.63 bits per heavy atom. The van der Waals surface area contributed by atoms with E-state index in [0.29, 0.717) is 22.9 Å². The van der Waals surface area contributed by atoms with E-state index in [4.69, 9.17) is 13.9 Å². The first-order chi connectivity index (χ1) is 13.0. The lowest BCUT2D eigenvalue weighted by Crippen LogP contribution is -2.08. The molecule has 7 heteroatoms. The number of anilines is 1. The Labute approximate surface area is 154 Å². The average molecular weight is 369 g/mol. The number of benzene rings is 2. The molecule has 3 aromatic rings. The van der Waals surface area contributed by atoms with Gasteiger partial charge in [-0.1, -0.05) is 0 Å². The summed E-state index contributed by atoms with van der Waals surface area (Å²) in [6.07, 6.45) is 0. The lowest BCUT2D eigenvalue weighted by atomic mass is 10.3. The summed E-state index contributed by atoms with van der Waals surface area (Å²) in [5, 5.41) is 2.62. The number of carbonyl (C=O) groups is 2. The number of hydrogen-bond donors (Lipinski definition) is 1. The molecule has 27 heavy (non-hydrogen) atoms. The molecule has 0 unspecified atom stereocenters. The van der Waals surface area contributed by atoms with Crippen LogP contribution in [0.25, 0.3) is 0 Å². The molecular weight excluding hydrogens is 353 g/mol. The number of rotatable bonds is 6. The molecule has 0 bridgehead atoms. The summed E-state index contributed by atoms with van der Waals surface area (Å²) in [5.41, 5.74) is 0.598. The van der Waals surface area contributed by atoms with Crippen molar-refractivity contribution in [3.05, 3.63) is 78.0 Å². The van der Waals surface area contributed by atoms with Crippen LogP contribution in [0, 0.1) is 5.82 Å². The van der Waals surface area contributed by atoms with Crippen molar-refractivity contribution in [1.29, 1.82) is 0 Å². The number of carbonyl (C=O) groups excluding carboxylic acids is 2. The van der Waals surface area contributed by atoms with Gasteiger partial charge in [0, 0.05) is 12.6 Å². The molecule has 0 saturated heterocycles. The maximum absolute atomic E-state index is 12.9. The highest BCUT2D eigenvalue weighted by atomic mass is 19.1. The second-order valence-electron chi connectivity index (χ2n) is 5.60. The molecule has 1 amide bonds. The molecule has 0 aliphatic carbocycles. The highest BCUT2D eigenvalue weighted by Crippen LogP contribution is 2.19. The maximum Gasteiger partial charge on any atom is 0.379 e. The standard InChI is InChI=1S/C20H16FNO5/c1-13(23)22-15-4-8-17(9-5-15)27-20(24)19-11-10-18(26-19)12-25-16-6-2-14(21)3-7-16/h2-11H,12H2,1H3,(H,22,23). The number of hydrogen-bond acceptors (Lipinski definition) is 5. The van der Waals surface area contributed by atoms with Crippen molar-refractivity contribution in [3.8, 4) is 11.5 Å². The lowest BCUT2D eigenvalue weighted by molar-refractivity contribution is -0.114. The minimum Gasteiger partial charge on any atom is -0.486 e. The molecule has 3 rings (SSSR count). The average Bonchev–Trinajstić information content (AvgIpc) is 3.12. The second-order valence-corrected chi connectivity index (χ2v) is 5.60. The normalized spacial score (nSPS) is 10.3. The number of nitrogens with one attached hydrogen (secondary N) is 1. The number of esters is 1. The summed E-state index contributed by atoms with van der Waals surface area (Å²) < 4.78 is 28.9. The molecule has 138 valence electrons. The maximum atomic E-state index is 12.9. The number of amides is 1. The van der Waals surface area contributed by atoms with Crippen molar-refractivity contribution in [3.63, 3.8) is 0 Å². The van der Waals surface area contributed by atoms with Gasteiger partial charge in [0.25, 0.3) is 0 Å². The van der Waals surface area contributed by atoms with Gasteiger partial charge in [-0.2, -0.15) is 0 Å². The second kappa shape index (κ2) is 8.18. The van der Waals surface area contributed by atoms with Crippen LogP contribution in [0.5, 0.6) is 11.5 Å². The van der Waals surface area contributed by atoms with Crippen LogP contribution in [0.2, 0.25) is 0 Å². The molecule has 0 fully saturated rings. The summed E-state index contributed by atoms with van der Waals surface area (Å²) in [7, 11) is 0. The minimum atomic E-state index is -0.657. The third-order valence-electron chi connectivity index (χ3n) is 3.44. The fourth-order valence-electron chi connectivity index (χ4n) is 2.22. The van der Waals surface area contributed by atoms with Gasteiger partial charge < -0.3 is 19.2 Å². The predicted octanol–water partition coefficient (Wildman–Crippen LogP) is 4.18. The molecule has 0 aliphatic rings. The van der Waals surface area contributed by atoms with E-state index in [1.807, 2.05) is 0 Å². The zero-order chi connectivity index (χ0) is 19.2. The van der Waals surface area contributed by atoms with E-state index in [1.54, 1.807) is 30.3 Å². The van der Waals surface area contributed by atoms with Crippen molar-refractivity contribution < 1.29 is 27.9 Å².